The molecule has 16 heavy (non-hydrogen) atoms. The number of nitrogens with two attached hydrogens (primary N) is 1. The summed E-state index contributed by atoms with van der Waals surface area (Å²) in [6, 6.07) is 8.24. The fourth-order valence-electron chi connectivity index (χ4n) is 2.00. The summed E-state index contributed by atoms with van der Waals surface area (Å²) in [6.45, 7) is 3.20. The zero-order valence-electron chi connectivity index (χ0n) is 9.56. The van der Waals surface area contributed by atoms with Gasteiger partial charge >= 0.3 is 0 Å². The number of nitrogens with zero attached hydrogens (tertiary/aromatic N) is 1. The molecule has 1 aromatic heterocycles. The van der Waals surface area contributed by atoms with Crippen molar-refractivity contribution in [2.75, 3.05) is 0 Å². The molecule has 1 unspecified atom stereocenters. The number of hydrogen-bond donors (Lipinski definition) is 2. The van der Waals surface area contributed by atoms with E-state index in [0.717, 1.165) is 13.0 Å². The maximum absolute atomic E-state index is 9.31. The van der Waals surface area contributed by atoms with E-state index < -0.39 is 0 Å². The Morgan fingerprint density at radius 1 is 1.38 bits per heavy atom. The van der Waals surface area contributed by atoms with Crippen LogP contribution in [0.3, 0.4) is 0 Å². The highest BCUT2D eigenvalue weighted by Gasteiger charge is 2.06. The molecule has 0 amide bonds. The molecule has 1 heterocycles. The van der Waals surface area contributed by atoms with Crippen molar-refractivity contribution in [3.63, 3.8) is 0 Å². The predicted molar refractivity (Wildman–Crippen MR) is 66.1 cm³/mol. The largest absolute Gasteiger partial charge is 0.393 e. The van der Waals surface area contributed by atoms with E-state index in [4.69, 9.17) is 5.73 Å². The summed E-state index contributed by atoms with van der Waals surface area (Å²) < 4.78 is 2.17. The Labute approximate surface area is 95.5 Å². The van der Waals surface area contributed by atoms with E-state index in [9.17, 15) is 5.11 Å². The second kappa shape index (κ2) is 4.68. The minimum atomic E-state index is -0.262. The normalized spacial score (nSPS) is 13.2. The van der Waals surface area contributed by atoms with Crippen molar-refractivity contribution in [3.05, 3.63) is 36.0 Å². The topological polar surface area (TPSA) is 51.2 Å². The number of aliphatic hydroxyl groups is 1. The second-order valence-electron chi connectivity index (χ2n) is 4.21. The van der Waals surface area contributed by atoms with Crippen molar-refractivity contribution in [2.45, 2.75) is 32.5 Å². The SMILES string of the molecule is CC(O)CCn1cc(CN)c2ccccc21. The molecule has 0 fully saturated rings. The van der Waals surface area contributed by atoms with Crippen LogP contribution in [0.2, 0.25) is 0 Å². The van der Waals surface area contributed by atoms with Gasteiger partial charge in [0.15, 0.2) is 0 Å². The smallest absolute Gasteiger partial charge is 0.0529 e. The summed E-state index contributed by atoms with van der Waals surface area (Å²) >= 11 is 0. The number of benzene rings is 1. The Kier molecular flexibility index (Phi) is 3.27. The van der Waals surface area contributed by atoms with Gasteiger partial charge in [0, 0.05) is 30.2 Å². The van der Waals surface area contributed by atoms with Crippen molar-refractivity contribution >= 4 is 10.9 Å². The molecule has 3 nitrogen and oxygen atoms in total. The van der Waals surface area contributed by atoms with Gasteiger partial charge in [-0.1, -0.05) is 18.2 Å². The van der Waals surface area contributed by atoms with Gasteiger partial charge in [-0.25, -0.2) is 0 Å². The standard InChI is InChI=1S/C13H18N2O/c1-10(16)6-7-15-9-11(8-14)12-4-2-3-5-13(12)15/h2-5,9-10,16H,6-8,14H2,1H3. The van der Waals surface area contributed by atoms with E-state index in [1.807, 2.05) is 19.1 Å². The highest BCUT2D eigenvalue weighted by molar-refractivity contribution is 5.83. The van der Waals surface area contributed by atoms with E-state index in [0.29, 0.717) is 6.54 Å². The lowest BCUT2D eigenvalue weighted by molar-refractivity contribution is 0.178. The third kappa shape index (κ3) is 2.10. The van der Waals surface area contributed by atoms with E-state index in [-0.39, 0.29) is 6.10 Å². The molecule has 0 radical (unpaired) electrons. The van der Waals surface area contributed by atoms with Crippen molar-refractivity contribution in [1.82, 2.24) is 4.57 Å². The van der Waals surface area contributed by atoms with Crippen LogP contribution in [-0.2, 0) is 13.1 Å². The van der Waals surface area contributed by atoms with E-state index in [2.05, 4.69) is 22.9 Å². The van der Waals surface area contributed by atoms with Crippen molar-refractivity contribution in [1.29, 1.82) is 0 Å². The fraction of sp³-hybridized carbons (Fsp3) is 0.385. The molecule has 0 spiro atoms. The van der Waals surface area contributed by atoms with Gasteiger partial charge in [-0.3, -0.25) is 0 Å². The number of aromatic nitrogens is 1. The first-order valence-electron chi connectivity index (χ1n) is 5.67. The van der Waals surface area contributed by atoms with Gasteiger partial charge < -0.3 is 15.4 Å². The van der Waals surface area contributed by atoms with Crippen LogP contribution in [-0.4, -0.2) is 15.8 Å². The zero-order valence-corrected chi connectivity index (χ0v) is 9.56. The van der Waals surface area contributed by atoms with E-state index in [1.165, 1.54) is 16.5 Å². The molecule has 3 N–H and O–H groups in total. The van der Waals surface area contributed by atoms with Crippen LogP contribution in [0.5, 0.6) is 0 Å². The lowest BCUT2D eigenvalue weighted by Crippen LogP contribution is -2.06. The van der Waals surface area contributed by atoms with Crippen LogP contribution < -0.4 is 5.73 Å². The average molecular weight is 218 g/mol. The van der Waals surface area contributed by atoms with Crippen molar-refractivity contribution in [2.24, 2.45) is 5.73 Å². The van der Waals surface area contributed by atoms with Crippen LogP contribution in [0.25, 0.3) is 10.9 Å². The van der Waals surface area contributed by atoms with Crippen LogP contribution in [0.1, 0.15) is 18.9 Å². The minimum Gasteiger partial charge on any atom is -0.393 e. The van der Waals surface area contributed by atoms with Crippen LogP contribution >= 0.6 is 0 Å². The molecule has 1 aromatic carbocycles. The summed E-state index contributed by atoms with van der Waals surface area (Å²) in [4.78, 5) is 0. The summed E-state index contributed by atoms with van der Waals surface area (Å²) in [5.41, 5.74) is 8.09. The van der Waals surface area contributed by atoms with Gasteiger partial charge in [-0.15, -0.1) is 0 Å². The molecule has 3 heteroatoms. The quantitative estimate of drug-likeness (QED) is 0.823. The maximum atomic E-state index is 9.31. The molecule has 2 aromatic rings. The third-order valence-electron chi connectivity index (χ3n) is 2.88. The van der Waals surface area contributed by atoms with Crippen LogP contribution in [0.4, 0.5) is 0 Å². The second-order valence-corrected chi connectivity index (χ2v) is 4.21. The predicted octanol–water partition coefficient (Wildman–Crippen LogP) is 1.87. The number of hydrogen-bond acceptors (Lipinski definition) is 2. The zero-order chi connectivity index (χ0) is 11.5. The molecule has 0 bridgehead atoms. The average Bonchev–Trinajstić information content (AvgIpc) is 2.65. The number of rotatable bonds is 4. The maximum Gasteiger partial charge on any atom is 0.0529 e. The molecule has 0 saturated heterocycles. The molecule has 0 aliphatic carbocycles. The van der Waals surface area contributed by atoms with Gasteiger partial charge in [0.2, 0.25) is 0 Å². The number of fused-ring (bicyclic) bond motifs is 1. The molecular formula is C13H18N2O. The third-order valence-corrected chi connectivity index (χ3v) is 2.88. The first kappa shape index (κ1) is 11.2. The summed E-state index contributed by atoms with van der Waals surface area (Å²) in [5, 5.41) is 10.5. The molecule has 1 atom stereocenters. The first-order valence-corrected chi connectivity index (χ1v) is 5.67. The lowest BCUT2D eigenvalue weighted by Gasteiger charge is -2.06. The Morgan fingerprint density at radius 2 is 2.12 bits per heavy atom. The minimum absolute atomic E-state index is 0.262. The van der Waals surface area contributed by atoms with E-state index in [1.54, 1.807) is 0 Å². The molecule has 86 valence electrons. The van der Waals surface area contributed by atoms with E-state index >= 15 is 0 Å². The summed E-state index contributed by atoms with van der Waals surface area (Å²) in [7, 11) is 0. The summed E-state index contributed by atoms with van der Waals surface area (Å²) in [5.74, 6) is 0. The highest BCUT2D eigenvalue weighted by Crippen LogP contribution is 2.21. The van der Waals surface area contributed by atoms with Gasteiger partial charge in [0.25, 0.3) is 0 Å². The van der Waals surface area contributed by atoms with Gasteiger partial charge in [-0.05, 0) is 25.0 Å². The monoisotopic (exact) mass is 218 g/mol. The Balaban J connectivity index is 2.37. The molecular weight excluding hydrogens is 200 g/mol. The molecule has 0 saturated carbocycles. The van der Waals surface area contributed by atoms with Gasteiger partial charge in [0.05, 0.1) is 6.10 Å². The van der Waals surface area contributed by atoms with Crippen molar-refractivity contribution < 1.29 is 5.11 Å². The Morgan fingerprint density at radius 3 is 2.81 bits per heavy atom. The lowest BCUT2D eigenvalue weighted by atomic mass is 10.2. The van der Waals surface area contributed by atoms with Crippen LogP contribution in [0, 0.1) is 0 Å². The fourth-order valence-corrected chi connectivity index (χ4v) is 2.00. The molecule has 0 aliphatic heterocycles. The van der Waals surface area contributed by atoms with Gasteiger partial charge in [0.1, 0.15) is 0 Å². The summed E-state index contributed by atoms with van der Waals surface area (Å²) in [6.07, 6.45) is 2.60. The highest BCUT2D eigenvalue weighted by atomic mass is 16.3. The number of aryl methyl sites for hydroxylation is 1. The van der Waals surface area contributed by atoms with Crippen molar-refractivity contribution in [3.8, 4) is 0 Å². The van der Waals surface area contributed by atoms with Gasteiger partial charge in [-0.2, -0.15) is 0 Å². The number of para-hydroxylation sites is 1. The molecule has 2 rings (SSSR count). The first-order chi connectivity index (χ1) is 7.72. The molecule has 0 aliphatic rings. The number of aliphatic hydroxyl groups excluding tert-OH is 1. The Hall–Kier alpha value is -1.32. The van der Waals surface area contributed by atoms with Crippen LogP contribution in [0.15, 0.2) is 30.5 Å². The Bertz CT molecular complexity index is 474.